The average molecular weight is 248 g/mol. The lowest BCUT2D eigenvalue weighted by atomic mass is 9.93. The number of hydrogen-bond acceptors (Lipinski definition) is 3. The molecule has 0 spiro atoms. The molecule has 1 fully saturated rings. The molecule has 1 aromatic rings. The Labute approximate surface area is 109 Å². The predicted molar refractivity (Wildman–Crippen MR) is 71.6 cm³/mol. The van der Waals surface area contributed by atoms with Gasteiger partial charge in [0, 0.05) is 18.9 Å². The normalized spacial score (nSPS) is 26.2. The molecule has 2 aliphatic heterocycles. The number of hydrogen-bond donors (Lipinski definition) is 0. The molecule has 100 valence electrons. The highest BCUT2D eigenvalue weighted by Gasteiger charge is 2.24. The summed E-state index contributed by atoms with van der Waals surface area (Å²) in [6.07, 6.45) is 6.31. The number of nitrogens with zero attached hydrogens (tertiary/aromatic N) is 4. The van der Waals surface area contributed by atoms with E-state index < -0.39 is 0 Å². The summed E-state index contributed by atoms with van der Waals surface area (Å²) in [6.45, 7) is 5.89. The summed E-state index contributed by atoms with van der Waals surface area (Å²) >= 11 is 0. The van der Waals surface area contributed by atoms with Crippen LogP contribution in [0.3, 0.4) is 0 Å². The molecule has 3 heterocycles. The fourth-order valence-corrected chi connectivity index (χ4v) is 3.32. The summed E-state index contributed by atoms with van der Waals surface area (Å²) in [7, 11) is 2.22. The molecule has 0 bridgehead atoms. The van der Waals surface area contributed by atoms with Gasteiger partial charge < -0.3 is 9.47 Å². The van der Waals surface area contributed by atoms with Crippen LogP contribution in [0.15, 0.2) is 0 Å². The molecule has 1 saturated heterocycles. The van der Waals surface area contributed by atoms with Crippen molar-refractivity contribution < 1.29 is 0 Å². The van der Waals surface area contributed by atoms with Crippen molar-refractivity contribution in [2.75, 3.05) is 20.1 Å². The second-order valence-electron chi connectivity index (χ2n) is 6.12. The first-order valence-corrected chi connectivity index (χ1v) is 7.34. The van der Waals surface area contributed by atoms with Crippen LogP contribution in [0.2, 0.25) is 0 Å². The van der Waals surface area contributed by atoms with Gasteiger partial charge >= 0.3 is 0 Å². The van der Waals surface area contributed by atoms with Crippen molar-refractivity contribution in [3.8, 4) is 0 Å². The topological polar surface area (TPSA) is 34.0 Å². The molecule has 18 heavy (non-hydrogen) atoms. The smallest absolute Gasteiger partial charge is 0.135 e. The van der Waals surface area contributed by atoms with Crippen LogP contribution in [-0.2, 0) is 13.0 Å². The van der Waals surface area contributed by atoms with Gasteiger partial charge in [0.05, 0.1) is 0 Å². The number of likely N-dealkylation sites (tertiary alicyclic amines) is 1. The molecule has 0 aromatic carbocycles. The highest BCUT2D eigenvalue weighted by atomic mass is 15.3. The highest BCUT2D eigenvalue weighted by molar-refractivity contribution is 5.04. The maximum absolute atomic E-state index is 4.46. The van der Waals surface area contributed by atoms with Crippen LogP contribution in [0, 0.1) is 5.92 Å². The summed E-state index contributed by atoms with van der Waals surface area (Å²) in [4.78, 5) is 2.43. The molecular weight excluding hydrogens is 224 g/mol. The standard InChI is InChI=1S/C14H24N4/c1-11-4-3-7-18-13(15-16-14(11)18)10-12-5-8-17(2)9-6-12/h11-12H,3-10H2,1-2H3. The van der Waals surface area contributed by atoms with Gasteiger partial charge in [0.25, 0.3) is 0 Å². The third-order valence-electron chi connectivity index (χ3n) is 4.63. The minimum Gasteiger partial charge on any atom is -0.315 e. The van der Waals surface area contributed by atoms with Crippen LogP contribution in [0.5, 0.6) is 0 Å². The largest absolute Gasteiger partial charge is 0.315 e. The quantitative estimate of drug-likeness (QED) is 0.803. The molecule has 3 rings (SSSR count). The molecule has 0 aliphatic carbocycles. The molecule has 0 N–H and O–H groups in total. The van der Waals surface area contributed by atoms with Crippen molar-refractivity contribution in [1.29, 1.82) is 0 Å². The van der Waals surface area contributed by atoms with E-state index in [1.165, 1.54) is 50.4 Å². The van der Waals surface area contributed by atoms with E-state index in [9.17, 15) is 0 Å². The first kappa shape index (κ1) is 12.2. The maximum atomic E-state index is 4.46. The van der Waals surface area contributed by atoms with Gasteiger partial charge in [0.2, 0.25) is 0 Å². The average Bonchev–Trinajstić information content (AvgIpc) is 2.77. The van der Waals surface area contributed by atoms with Crippen molar-refractivity contribution in [2.24, 2.45) is 5.92 Å². The van der Waals surface area contributed by atoms with Gasteiger partial charge in [-0.15, -0.1) is 10.2 Å². The first-order valence-electron chi connectivity index (χ1n) is 7.34. The predicted octanol–water partition coefficient (Wildman–Crippen LogP) is 2.06. The van der Waals surface area contributed by atoms with E-state index in [-0.39, 0.29) is 0 Å². The Bertz CT molecular complexity index is 404. The number of aromatic nitrogens is 3. The van der Waals surface area contributed by atoms with E-state index in [1.807, 2.05) is 0 Å². The Balaban J connectivity index is 1.70. The van der Waals surface area contributed by atoms with Crippen molar-refractivity contribution in [3.63, 3.8) is 0 Å². The third kappa shape index (κ3) is 2.30. The molecule has 4 heteroatoms. The molecular formula is C14H24N4. The van der Waals surface area contributed by atoms with E-state index in [2.05, 4.69) is 33.6 Å². The van der Waals surface area contributed by atoms with Gasteiger partial charge in [-0.25, -0.2) is 0 Å². The zero-order valence-electron chi connectivity index (χ0n) is 11.6. The molecule has 1 aromatic heterocycles. The lowest BCUT2D eigenvalue weighted by molar-refractivity contribution is 0.216. The van der Waals surface area contributed by atoms with Crippen LogP contribution in [0.4, 0.5) is 0 Å². The molecule has 1 unspecified atom stereocenters. The summed E-state index contributed by atoms with van der Waals surface area (Å²) in [6, 6.07) is 0. The first-order chi connectivity index (χ1) is 8.74. The van der Waals surface area contributed by atoms with Gasteiger partial charge in [0.15, 0.2) is 0 Å². The van der Waals surface area contributed by atoms with Crippen LogP contribution in [0.1, 0.15) is 50.2 Å². The van der Waals surface area contributed by atoms with Crippen molar-refractivity contribution in [3.05, 3.63) is 11.6 Å². The van der Waals surface area contributed by atoms with Gasteiger partial charge in [0.1, 0.15) is 11.6 Å². The molecule has 2 aliphatic rings. The van der Waals surface area contributed by atoms with E-state index in [0.717, 1.165) is 18.9 Å². The van der Waals surface area contributed by atoms with Crippen molar-refractivity contribution >= 4 is 0 Å². The SMILES string of the molecule is CC1CCCn2c(CC3CCN(C)CC3)nnc21. The molecule has 0 saturated carbocycles. The third-order valence-corrected chi connectivity index (χ3v) is 4.63. The molecule has 4 nitrogen and oxygen atoms in total. The minimum atomic E-state index is 0.595. The molecule has 0 radical (unpaired) electrons. The van der Waals surface area contributed by atoms with Crippen LogP contribution < -0.4 is 0 Å². The Morgan fingerprint density at radius 2 is 1.89 bits per heavy atom. The van der Waals surface area contributed by atoms with Crippen molar-refractivity contribution in [2.45, 2.75) is 51.5 Å². The monoisotopic (exact) mass is 248 g/mol. The lowest BCUT2D eigenvalue weighted by Gasteiger charge is -2.29. The van der Waals surface area contributed by atoms with Gasteiger partial charge in [-0.05, 0) is 51.7 Å². The second kappa shape index (κ2) is 5.00. The van der Waals surface area contributed by atoms with Gasteiger partial charge in [-0.3, -0.25) is 0 Å². The van der Waals surface area contributed by atoms with E-state index in [1.54, 1.807) is 0 Å². The number of fused-ring (bicyclic) bond motifs is 1. The molecule has 1 atom stereocenters. The Morgan fingerprint density at radius 3 is 2.67 bits per heavy atom. The van der Waals surface area contributed by atoms with E-state index in [4.69, 9.17) is 0 Å². The zero-order valence-corrected chi connectivity index (χ0v) is 11.6. The maximum Gasteiger partial charge on any atom is 0.135 e. The van der Waals surface area contributed by atoms with Gasteiger partial charge in [-0.1, -0.05) is 6.92 Å². The second-order valence-corrected chi connectivity index (χ2v) is 6.12. The highest BCUT2D eigenvalue weighted by Crippen LogP contribution is 2.27. The number of piperidine rings is 1. The number of rotatable bonds is 2. The van der Waals surface area contributed by atoms with Crippen LogP contribution >= 0.6 is 0 Å². The lowest BCUT2D eigenvalue weighted by Crippen LogP contribution is -2.31. The fraction of sp³-hybridized carbons (Fsp3) is 0.857. The summed E-state index contributed by atoms with van der Waals surface area (Å²) in [5, 5.41) is 8.88. The van der Waals surface area contributed by atoms with Crippen LogP contribution in [0.25, 0.3) is 0 Å². The minimum absolute atomic E-state index is 0.595. The fourth-order valence-electron chi connectivity index (χ4n) is 3.32. The summed E-state index contributed by atoms with van der Waals surface area (Å²) in [5.41, 5.74) is 0. The zero-order chi connectivity index (χ0) is 12.5. The van der Waals surface area contributed by atoms with E-state index >= 15 is 0 Å². The van der Waals surface area contributed by atoms with Gasteiger partial charge in [-0.2, -0.15) is 0 Å². The Hall–Kier alpha value is -0.900. The summed E-state index contributed by atoms with van der Waals surface area (Å²) in [5.74, 6) is 3.87. The molecule has 0 amide bonds. The van der Waals surface area contributed by atoms with Crippen molar-refractivity contribution in [1.82, 2.24) is 19.7 Å². The Morgan fingerprint density at radius 1 is 1.11 bits per heavy atom. The Kier molecular flexibility index (Phi) is 3.37. The van der Waals surface area contributed by atoms with Crippen LogP contribution in [-0.4, -0.2) is 39.8 Å². The summed E-state index contributed by atoms with van der Waals surface area (Å²) < 4.78 is 2.40. The van der Waals surface area contributed by atoms with E-state index in [0.29, 0.717) is 5.92 Å².